The van der Waals surface area contributed by atoms with Crippen molar-refractivity contribution in [1.82, 2.24) is 10.2 Å². The zero-order valence-corrected chi connectivity index (χ0v) is 12.0. The number of hydrogen-bond donors (Lipinski definition) is 1. The monoisotopic (exact) mass is 261 g/mol. The molecule has 1 fully saturated rings. The molecule has 1 N–H and O–H groups in total. The zero-order chi connectivity index (χ0) is 13.8. The molecule has 1 heterocycles. The molecule has 1 saturated heterocycles. The van der Waals surface area contributed by atoms with Crippen molar-refractivity contribution in [2.45, 2.75) is 18.9 Å². The summed E-state index contributed by atoms with van der Waals surface area (Å²) in [7, 11) is 5.87. The molecule has 0 bridgehead atoms. The van der Waals surface area contributed by atoms with Gasteiger partial charge in [-0.1, -0.05) is 6.07 Å². The van der Waals surface area contributed by atoms with Gasteiger partial charge in [0.15, 0.2) is 0 Å². The SMILES string of the molecule is CN(C)c1cccc(C(=O)N(C)C2CCCNC2)c1. The highest BCUT2D eigenvalue weighted by atomic mass is 16.2. The zero-order valence-electron chi connectivity index (χ0n) is 12.0. The van der Waals surface area contributed by atoms with Crippen LogP contribution in [0, 0.1) is 0 Å². The maximum Gasteiger partial charge on any atom is 0.253 e. The van der Waals surface area contributed by atoms with E-state index in [0.29, 0.717) is 6.04 Å². The van der Waals surface area contributed by atoms with E-state index >= 15 is 0 Å². The van der Waals surface area contributed by atoms with Gasteiger partial charge in [-0.3, -0.25) is 4.79 Å². The van der Waals surface area contributed by atoms with E-state index in [-0.39, 0.29) is 5.91 Å². The Hall–Kier alpha value is -1.55. The quantitative estimate of drug-likeness (QED) is 0.897. The first-order chi connectivity index (χ1) is 9.09. The number of piperidine rings is 1. The van der Waals surface area contributed by atoms with Crippen molar-refractivity contribution < 1.29 is 4.79 Å². The van der Waals surface area contributed by atoms with Gasteiger partial charge in [0, 0.05) is 45.0 Å². The number of carbonyl (C=O) groups excluding carboxylic acids is 1. The Balaban J connectivity index is 2.11. The van der Waals surface area contributed by atoms with Gasteiger partial charge in [-0.05, 0) is 37.6 Å². The number of amides is 1. The maximum atomic E-state index is 12.5. The third-order valence-electron chi connectivity index (χ3n) is 3.75. The molecule has 2 rings (SSSR count). The number of carbonyl (C=O) groups is 1. The molecule has 4 heteroatoms. The van der Waals surface area contributed by atoms with Crippen LogP contribution in [0.25, 0.3) is 0 Å². The standard InChI is InChI=1S/C15H23N3O/c1-17(2)13-7-4-6-12(10-13)15(19)18(3)14-8-5-9-16-11-14/h4,6-7,10,14,16H,5,8-9,11H2,1-3H3. The van der Waals surface area contributed by atoms with Gasteiger partial charge in [0.05, 0.1) is 0 Å². The molecule has 1 unspecified atom stereocenters. The van der Waals surface area contributed by atoms with Crippen LogP contribution in [0.15, 0.2) is 24.3 Å². The molecule has 0 spiro atoms. The van der Waals surface area contributed by atoms with Crippen molar-refractivity contribution in [2.24, 2.45) is 0 Å². The molecule has 1 aromatic carbocycles. The van der Waals surface area contributed by atoms with Gasteiger partial charge < -0.3 is 15.1 Å². The van der Waals surface area contributed by atoms with Crippen LogP contribution >= 0.6 is 0 Å². The summed E-state index contributed by atoms with van der Waals surface area (Å²) in [4.78, 5) is 16.4. The van der Waals surface area contributed by atoms with Crippen LogP contribution in [-0.4, -0.2) is 51.1 Å². The highest BCUT2D eigenvalue weighted by molar-refractivity contribution is 5.95. The molecule has 4 nitrogen and oxygen atoms in total. The smallest absolute Gasteiger partial charge is 0.253 e. The number of nitrogens with zero attached hydrogens (tertiary/aromatic N) is 2. The first-order valence-electron chi connectivity index (χ1n) is 6.85. The Bertz CT molecular complexity index is 439. The second-order valence-corrected chi connectivity index (χ2v) is 5.36. The predicted molar refractivity (Wildman–Crippen MR) is 78.8 cm³/mol. The highest BCUT2D eigenvalue weighted by Crippen LogP contribution is 2.17. The lowest BCUT2D eigenvalue weighted by molar-refractivity contribution is 0.0708. The lowest BCUT2D eigenvalue weighted by Crippen LogP contribution is -2.46. The Morgan fingerprint density at radius 2 is 2.11 bits per heavy atom. The number of rotatable bonds is 3. The van der Waals surface area contributed by atoms with E-state index in [9.17, 15) is 4.79 Å². The third-order valence-corrected chi connectivity index (χ3v) is 3.75. The Morgan fingerprint density at radius 1 is 1.32 bits per heavy atom. The van der Waals surface area contributed by atoms with Crippen LogP contribution in [0.4, 0.5) is 5.69 Å². The summed E-state index contributed by atoms with van der Waals surface area (Å²) in [6, 6.07) is 8.11. The Labute approximate surface area is 115 Å². The average Bonchev–Trinajstić information content (AvgIpc) is 2.46. The molecule has 0 radical (unpaired) electrons. The van der Waals surface area contributed by atoms with Gasteiger partial charge in [0.2, 0.25) is 0 Å². The van der Waals surface area contributed by atoms with Crippen LogP contribution in [-0.2, 0) is 0 Å². The molecule has 19 heavy (non-hydrogen) atoms. The summed E-state index contributed by atoms with van der Waals surface area (Å²) in [6.45, 7) is 1.96. The summed E-state index contributed by atoms with van der Waals surface area (Å²) in [5.74, 6) is 0.109. The summed E-state index contributed by atoms with van der Waals surface area (Å²) >= 11 is 0. The second-order valence-electron chi connectivity index (χ2n) is 5.36. The minimum Gasteiger partial charge on any atom is -0.378 e. The molecule has 104 valence electrons. The molecular weight excluding hydrogens is 238 g/mol. The van der Waals surface area contributed by atoms with E-state index in [4.69, 9.17) is 0 Å². The number of nitrogens with one attached hydrogen (secondary N) is 1. The first kappa shape index (κ1) is 13.9. The number of anilines is 1. The summed E-state index contributed by atoms with van der Waals surface area (Å²) < 4.78 is 0. The van der Waals surface area contributed by atoms with E-state index in [1.54, 1.807) is 0 Å². The van der Waals surface area contributed by atoms with Crippen LogP contribution in [0.2, 0.25) is 0 Å². The molecule has 0 aromatic heterocycles. The van der Waals surface area contributed by atoms with Crippen LogP contribution in [0.1, 0.15) is 23.2 Å². The lowest BCUT2D eigenvalue weighted by Gasteiger charge is -2.32. The predicted octanol–water partition coefficient (Wildman–Crippen LogP) is 1.58. The molecule has 1 aliphatic rings. The van der Waals surface area contributed by atoms with E-state index in [1.165, 1.54) is 0 Å². The fourth-order valence-electron chi connectivity index (χ4n) is 2.45. The fraction of sp³-hybridized carbons (Fsp3) is 0.533. The summed E-state index contributed by atoms with van der Waals surface area (Å²) in [5.41, 5.74) is 1.82. The molecule has 1 amide bonds. The topological polar surface area (TPSA) is 35.6 Å². The largest absolute Gasteiger partial charge is 0.378 e. The van der Waals surface area contributed by atoms with Gasteiger partial charge >= 0.3 is 0 Å². The number of likely N-dealkylation sites (N-methyl/N-ethyl adjacent to an activating group) is 1. The third kappa shape index (κ3) is 3.26. The van der Waals surface area contributed by atoms with Gasteiger partial charge in [0.25, 0.3) is 5.91 Å². The Kier molecular flexibility index (Phi) is 4.43. The second kappa shape index (κ2) is 6.06. The maximum absolute atomic E-state index is 12.5. The highest BCUT2D eigenvalue weighted by Gasteiger charge is 2.22. The molecule has 1 atom stereocenters. The van der Waals surface area contributed by atoms with E-state index in [2.05, 4.69) is 5.32 Å². The lowest BCUT2D eigenvalue weighted by atomic mass is 10.0. The van der Waals surface area contributed by atoms with Gasteiger partial charge in [0.1, 0.15) is 0 Å². The summed E-state index contributed by atoms with van der Waals surface area (Å²) in [5, 5.41) is 3.35. The van der Waals surface area contributed by atoms with Crippen LogP contribution in [0.3, 0.4) is 0 Å². The van der Waals surface area contributed by atoms with E-state index in [0.717, 1.165) is 37.2 Å². The minimum atomic E-state index is 0.109. The molecular formula is C15H23N3O. The van der Waals surface area contributed by atoms with Crippen molar-refractivity contribution in [3.05, 3.63) is 29.8 Å². The van der Waals surface area contributed by atoms with E-state index in [1.807, 2.05) is 55.2 Å². The van der Waals surface area contributed by atoms with Crippen molar-refractivity contribution in [3.63, 3.8) is 0 Å². The molecule has 1 aliphatic heterocycles. The molecule has 1 aromatic rings. The summed E-state index contributed by atoms with van der Waals surface area (Å²) in [6.07, 6.45) is 2.22. The average molecular weight is 261 g/mol. The van der Waals surface area contributed by atoms with Crippen molar-refractivity contribution in [3.8, 4) is 0 Å². The Morgan fingerprint density at radius 3 is 2.74 bits per heavy atom. The van der Waals surface area contributed by atoms with Crippen molar-refractivity contribution in [2.75, 3.05) is 39.1 Å². The molecule has 0 aliphatic carbocycles. The van der Waals surface area contributed by atoms with Gasteiger partial charge in [-0.15, -0.1) is 0 Å². The number of benzene rings is 1. The fourth-order valence-corrected chi connectivity index (χ4v) is 2.45. The molecule has 0 saturated carbocycles. The van der Waals surface area contributed by atoms with Gasteiger partial charge in [-0.25, -0.2) is 0 Å². The van der Waals surface area contributed by atoms with Crippen LogP contribution < -0.4 is 10.2 Å². The van der Waals surface area contributed by atoms with Crippen molar-refractivity contribution >= 4 is 11.6 Å². The van der Waals surface area contributed by atoms with E-state index < -0.39 is 0 Å². The minimum absolute atomic E-state index is 0.109. The van der Waals surface area contributed by atoms with Crippen LogP contribution in [0.5, 0.6) is 0 Å². The van der Waals surface area contributed by atoms with Gasteiger partial charge in [-0.2, -0.15) is 0 Å². The first-order valence-corrected chi connectivity index (χ1v) is 6.85. The van der Waals surface area contributed by atoms with Crippen molar-refractivity contribution in [1.29, 1.82) is 0 Å². The number of hydrogen-bond acceptors (Lipinski definition) is 3. The normalized spacial score (nSPS) is 19.0.